The lowest BCUT2D eigenvalue weighted by Gasteiger charge is -2.12. The minimum absolute atomic E-state index is 0.194. The van der Waals surface area contributed by atoms with Crippen molar-refractivity contribution in [2.24, 2.45) is 0 Å². The Balaban J connectivity index is 2.08. The number of nitrogens with zero attached hydrogens (tertiary/aromatic N) is 4. The lowest BCUT2D eigenvalue weighted by molar-refractivity contribution is -0.121. The maximum absolute atomic E-state index is 12.9. The molecule has 1 aliphatic rings. The number of unbranched alkanes of at least 4 members (excludes halogenated alkanes) is 1. The lowest BCUT2D eigenvalue weighted by Crippen LogP contribution is -2.44. The van der Waals surface area contributed by atoms with E-state index in [9.17, 15) is 14.4 Å². The van der Waals surface area contributed by atoms with Gasteiger partial charge in [-0.25, -0.2) is 14.3 Å². The Kier molecular flexibility index (Phi) is 5.06. The van der Waals surface area contributed by atoms with Crippen LogP contribution in [0.1, 0.15) is 46.0 Å². The first-order chi connectivity index (χ1) is 12.1. The summed E-state index contributed by atoms with van der Waals surface area (Å²) in [5.74, 6) is -0.288. The maximum atomic E-state index is 12.9. The van der Waals surface area contributed by atoms with Gasteiger partial charge in [0.05, 0.1) is 6.33 Å². The molecule has 0 bridgehead atoms. The Labute approximate surface area is 145 Å². The Morgan fingerprint density at radius 2 is 1.96 bits per heavy atom. The van der Waals surface area contributed by atoms with Gasteiger partial charge in [0.2, 0.25) is 5.91 Å². The Hall–Kier alpha value is -2.38. The van der Waals surface area contributed by atoms with E-state index in [1.54, 1.807) is 10.9 Å². The van der Waals surface area contributed by atoms with Crippen LogP contribution in [0.2, 0.25) is 0 Å². The summed E-state index contributed by atoms with van der Waals surface area (Å²) >= 11 is 0. The molecule has 1 amide bonds. The molecular formula is C17H25N5O3. The van der Waals surface area contributed by atoms with Crippen LogP contribution < -0.4 is 16.6 Å². The van der Waals surface area contributed by atoms with Crippen molar-refractivity contribution in [1.82, 2.24) is 24.0 Å². The predicted octanol–water partition coefficient (Wildman–Crippen LogP) is 0.848. The number of hydrogen-bond acceptors (Lipinski definition) is 4. The van der Waals surface area contributed by atoms with Gasteiger partial charge in [-0.15, -0.1) is 0 Å². The van der Waals surface area contributed by atoms with E-state index in [2.05, 4.69) is 17.2 Å². The maximum Gasteiger partial charge on any atom is 0.333 e. The van der Waals surface area contributed by atoms with E-state index in [-0.39, 0.29) is 18.5 Å². The number of nitrogens with one attached hydrogen (secondary N) is 1. The number of fused-ring (bicyclic) bond motifs is 1. The molecule has 0 saturated heterocycles. The van der Waals surface area contributed by atoms with Crippen molar-refractivity contribution in [3.8, 4) is 0 Å². The quantitative estimate of drug-likeness (QED) is 0.766. The van der Waals surface area contributed by atoms with E-state index >= 15 is 0 Å². The molecule has 1 N–H and O–H groups in total. The summed E-state index contributed by atoms with van der Waals surface area (Å²) in [6.45, 7) is 4.92. The number of carbonyl (C=O) groups excluding carboxylic acids is 1. The SMILES string of the molecule is CCCCn1cnc2c1c(=O)n(CC(=O)NC1CC1)c(=O)n2CCC. The highest BCUT2D eigenvalue weighted by molar-refractivity contribution is 5.77. The zero-order valence-corrected chi connectivity index (χ0v) is 14.8. The van der Waals surface area contributed by atoms with Crippen LogP contribution in [0, 0.1) is 0 Å². The second-order valence-electron chi connectivity index (χ2n) is 6.63. The van der Waals surface area contributed by atoms with Gasteiger partial charge in [-0.05, 0) is 25.7 Å². The monoisotopic (exact) mass is 347 g/mol. The number of aryl methyl sites for hydroxylation is 2. The van der Waals surface area contributed by atoms with Crippen molar-refractivity contribution in [2.45, 2.75) is 71.6 Å². The van der Waals surface area contributed by atoms with Gasteiger partial charge in [0.15, 0.2) is 11.2 Å². The Morgan fingerprint density at radius 3 is 2.60 bits per heavy atom. The fraction of sp³-hybridized carbons (Fsp3) is 0.647. The van der Waals surface area contributed by atoms with Crippen LogP contribution >= 0.6 is 0 Å². The first-order valence-corrected chi connectivity index (χ1v) is 9.04. The number of aromatic nitrogens is 4. The molecule has 0 aliphatic heterocycles. The van der Waals surface area contributed by atoms with Crippen molar-refractivity contribution in [3.63, 3.8) is 0 Å². The number of rotatable bonds is 8. The third-order valence-corrected chi connectivity index (χ3v) is 4.43. The molecule has 0 atom stereocenters. The Bertz CT molecular complexity index is 888. The number of imidazole rings is 1. The molecular weight excluding hydrogens is 322 g/mol. The third-order valence-electron chi connectivity index (χ3n) is 4.43. The third kappa shape index (κ3) is 3.52. The summed E-state index contributed by atoms with van der Waals surface area (Å²) < 4.78 is 4.34. The standard InChI is InChI=1S/C17H25N5O3/c1-3-5-9-20-11-18-15-14(20)16(24)22(17(25)21(15)8-4-2)10-13(23)19-12-6-7-12/h11-12H,3-10H2,1-2H3,(H,19,23). The largest absolute Gasteiger partial charge is 0.352 e. The zero-order valence-electron chi connectivity index (χ0n) is 14.8. The van der Waals surface area contributed by atoms with Gasteiger partial charge < -0.3 is 9.88 Å². The van der Waals surface area contributed by atoms with Crippen LogP contribution in [0.4, 0.5) is 0 Å². The first kappa shape index (κ1) is 17.4. The van der Waals surface area contributed by atoms with Crippen molar-refractivity contribution in [3.05, 3.63) is 27.2 Å². The van der Waals surface area contributed by atoms with Crippen molar-refractivity contribution < 1.29 is 4.79 Å². The van der Waals surface area contributed by atoms with Gasteiger partial charge in [0, 0.05) is 19.1 Å². The number of hydrogen-bond donors (Lipinski definition) is 1. The molecule has 2 aromatic rings. The van der Waals surface area contributed by atoms with Gasteiger partial charge in [-0.1, -0.05) is 20.3 Å². The van der Waals surface area contributed by atoms with Crippen LogP contribution in [0.25, 0.3) is 11.2 Å². The normalized spacial score (nSPS) is 14.2. The van der Waals surface area contributed by atoms with Crippen LogP contribution in [-0.2, 0) is 24.4 Å². The molecule has 136 valence electrons. The van der Waals surface area contributed by atoms with Crippen molar-refractivity contribution >= 4 is 17.1 Å². The smallest absolute Gasteiger partial charge is 0.333 e. The highest BCUT2D eigenvalue weighted by atomic mass is 16.2. The molecule has 1 fully saturated rings. The molecule has 1 saturated carbocycles. The molecule has 2 heterocycles. The van der Waals surface area contributed by atoms with Crippen LogP contribution in [0.5, 0.6) is 0 Å². The number of amides is 1. The summed E-state index contributed by atoms with van der Waals surface area (Å²) in [5.41, 5.74) is -0.0922. The average Bonchev–Trinajstić information content (AvgIpc) is 3.29. The molecule has 0 radical (unpaired) electrons. The summed E-state index contributed by atoms with van der Waals surface area (Å²) in [6, 6.07) is 0.194. The summed E-state index contributed by atoms with van der Waals surface area (Å²) in [4.78, 5) is 42.1. The second-order valence-corrected chi connectivity index (χ2v) is 6.63. The molecule has 0 unspecified atom stereocenters. The lowest BCUT2D eigenvalue weighted by atomic mass is 10.3. The van der Waals surface area contributed by atoms with Crippen molar-refractivity contribution in [2.75, 3.05) is 0 Å². The highest BCUT2D eigenvalue weighted by Gasteiger charge is 2.25. The fourth-order valence-corrected chi connectivity index (χ4v) is 2.95. The van der Waals surface area contributed by atoms with Crippen LogP contribution in [-0.4, -0.2) is 30.6 Å². The fourth-order valence-electron chi connectivity index (χ4n) is 2.95. The van der Waals surface area contributed by atoms with Gasteiger partial charge in [-0.2, -0.15) is 0 Å². The minimum atomic E-state index is -0.467. The zero-order chi connectivity index (χ0) is 18.0. The molecule has 2 aromatic heterocycles. The number of carbonyl (C=O) groups is 1. The molecule has 0 spiro atoms. The van der Waals surface area contributed by atoms with Gasteiger partial charge in [-0.3, -0.25) is 14.2 Å². The Morgan fingerprint density at radius 1 is 1.20 bits per heavy atom. The van der Waals surface area contributed by atoms with Gasteiger partial charge >= 0.3 is 5.69 Å². The molecule has 8 heteroatoms. The van der Waals surface area contributed by atoms with E-state index in [1.165, 1.54) is 4.57 Å². The van der Waals surface area contributed by atoms with E-state index in [1.807, 2.05) is 6.92 Å². The second kappa shape index (κ2) is 7.25. The highest BCUT2D eigenvalue weighted by Crippen LogP contribution is 2.18. The molecule has 1 aliphatic carbocycles. The molecule has 8 nitrogen and oxygen atoms in total. The van der Waals surface area contributed by atoms with E-state index in [0.717, 1.165) is 36.7 Å². The summed E-state index contributed by atoms with van der Waals surface area (Å²) in [5, 5.41) is 2.83. The van der Waals surface area contributed by atoms with Gasteiger partial charge in [0.25, 0.3) is 5.56 Å². The predicted molar refractivity (Wildman–Crippen MR) is 94.6 cm³/mol. The molecule has 0 aromatic carbocycles. The van der Waals surface area contributed by atoms with Gasteiger partial charge in [0.1, 0.15) is 6.54 Å². The van der Waals surface area contributed by atoms with Crippen molar-refractivity contribution in [1.29, 1.82) is 0 Å². The van der Waals surface area contributed by atoms with Crippen LogP contribution in [0.15, 0.2) is 15.9 Å². The molecule has 25 heavy (non-hydrogen) atoms. The summed E-state index contributed by atoms with van der Waals surface area (Å²) in [7, 11) is 0. The average molecular weight is 347 g/mol. The molecule has 3 rings (SSSR count). The van der Waals surface area contributed by atoms with E-state index in [0.29, 0.717) is 24.3 Å². The minimum Gasteiger partial charge on any atom is -0.352 e. The van der Waals surface area contributed by atoms with E-state index < -0.39 is 11.2 Å². The van der Waals surface area contributed by atoms with E-state index in [4.69, 9.17) is 0 Å². The van der Waals surface area contributed by atoms with Crippen LogP contribution in [0.3, 0.4) is 0 Å². The topological polar surface area (TPSA) is 90.9 Å². The summed E-state index contributed by atoms with van der Waals surface area (Å²) in [6.07, 6.45) is 6.19. The first-order valence-electron chi connectivity index (χ1n) is 9.04.